The second-order valence-corrected chi connectivity index (χ2v) is 6.83. The molecule has 0 unspecified atom stereocenters. The van der Waals surface area contributed by atoms with Crippen LogP contribution in [0.2, 0.25) is 0 Å². The van der Waals surface area contributed by atoms with Crippen molar-refractivity contribution in [3.63, 3.8) is 0 Å². The van der Waals surface area contributed by atoms with E-state index in [0.29, 0.717) is 23.7 Å². The number of urea groups is 1. The minimum Gasteiger partial charge on any atom is -0.345 e. The van der Waals surface area contributed by atoms with Crippen molar-refractivity contribution in [3.05, 3.63) is 53.1 Å². The molecular formula is C19H24FN3O. The minimum absolute atomic E-state index is 0.0164. The van der Waals surface area contributed by atoms with Gasteiger partial charge >= 0.3 is 6.03 Å². The highest BCUT2D eigenvalue weighted by molar-refractivity contribution is 5.89. The Morgan fingerprint density at radius 3 is 2.62 bits per heavy atom. The first-order valence-corrected chi connectivity index (χ1v) is 8.38. The third kappa shape index (κ3) is 2.90. The van der Waals surface area contributed by atoms with Crippen molar-refractivity contribution in [1.29, 1.82) is 0 Å². The molecule has 1 N–H and O–H groups in total. The average Bonchev–Trinajstić information content (AvgIpc) is 2.91. The molecule has 0 spiro atoms. The molecule has 2 amide bonds. The van der Waals surface area contributed by atoms with Gasteiger partial charge in [-0.1, -0.05) is 19.9 Å². The Morgan fingerprint density at radius 1 is 1.21 bits per heavy atom. The van der Waals surface area contributed by atoms with Crippen LogP contribution in [0.1, 0.15) is 36.8 Å². The molecule has 3 rings (SSSR count). The number of benzene rings is 1. The smallest absolute Gasteiger partial charge is 0.322 e. The number of hydrogen-bond donors (Lipinski definition) is 1. The van der Waals surface area contributed by atoms with Gasteiger partial charge in [0, 0.05) is 30.2 Å². The minimum atomic E-state index is -0.309. The van der Waals surface area contributed by atoms with Gasteiger partial charge in [-0.25, -0.2) is 9.18 Å². The maximum absolute atomic E-state index is 13.7. The summed E-state index contributed by atoms with van der Waals surface area (Å²) in [6.07, 6.45) is 0. The van der Waals surface area contributed by atoms with Crippen LogP contribution in [0.25, 0.3) is 0 Å². The maximum atomic E-state index is 13.7. The Bertz CT molecular complexity index is 766. The zero-order valence-corrected chi connectivity index (χ0v) is 14.6. The first-order valence-electron chi connectivity index (χ1n) is 8.38. The molecule has 5 heteroatoms. The van der Waals surface area contributed by atoms with E-state index in [0.717, 1.165) is 6.54 Å². The molecule has 128 valence electrons. The largest absolute Gasteiger partial charge is 0.345 e. The normalized spacial score (nSPS) is 17.1. The number of nitrogens with zero attached hydrogens (tertiary/aromatic N) is 2. The molecule has 1 aliphatic heterocycles. The molecule has 2 heterocycles. The van der Waals surface area contributed by atoms with E-state index in [1.165, 1.54) is 17.5 Å². The van der Waals surface area contributed by atoms with Crippen LogP contribution in [0.5, 0.6) is 0 Å². The molecule has 1 aliphatic rings. The van der Waals surface area contributed by atoms with Gasteiger partial charge in [0.15, 0.2) is 0 Å². The highest BCUT2D eigenvalue weighted by Crippen LogP contribution is 2.34. The van der Waals surface area contributed by atoms with Gasteiger partial charge in [-0.05, 0) is 49.6 Å². The molecule has 2 aromatic rings. The van der Waals surface area contributed by atoms with E-state index in [4.69, 9.17) is 0 Å². The monoisotopic (exact) mass is 329 g/mol. The first-order chi connectivity index (χ1) is 11.4. The molecule has 0 saturated heterocycles. The average molecular weight is 329 g/mol. The van der Waals surface area contributed by atoms with Gasteiger partial charge in [-0.3, -0.25) is 0 Å². The molecule has 0 fully saturated rings. The summed E-state index contributed by atoms with van der Waals surface area (Å²) in [4.78, 5) is 14.6. The number of halogens is 1. The summed E-state index contributed by atoms with van der Waals surface area (Å²) in [6.45, 7) is 9.46. The van der Waals surface area contributed by atoms with E-state index in [9.17, 15) is 9.18 Å². The molecule has 0 saturated carbocycles. The highest BCUT2D eigenvalue weighted by atomic mass is 19.1. The third-order valence-corrected chi connectivity index (χ3v) is 4.75. The fourth-order valence-corrected chi connectivity index (χ4v) is 3.45. The number of nitrogens with one attached hydrogen (secondary N) is 1. The summed E-state index contributed by atoms with van der Waals surface area (Å²) < 4.78 is 16.0. The zero-order valence-electron chi connectivity index (χ0n) is 14.6. The van der Waals surface area contributed by atoms with E-state index in [2.05, 4.69) is 42.8 Å². The number of carbonyl (C=O) groups is 1. The van der Waals surface area contributed by atoms with Gasteiger partial charge in [0.1, 0.15) is 5.82 Å². The van der Waals surface area contributed by atoms with Crippen LogP contribution in [0.3, 0.4) is 0 Å². The lowest BCUT2D eigenvalue weighted by atomic mass is 9.97. The Morgan fingerprint density at radius 2 is 1.96 bits per heavy atom. The number of hydrogen-bond acceptors (Lipinski definition) is 1. The van der Waals surface area contributed by atoms with Crippen molar-refractivity contribution in [3.8, 4) is 0 Å². The SMILES string of the molecule is Cc1ccc(NC(=O)N2CCn3c(C)ccc3[C@H]2C(C)C)cc1F. The zero-order chi connectivity index (χ0) is 17.4. The lowest BCUT2D eigenvalue weighted by Gasteiger charge is -2.39. The molecule has 0 radical (unpaired) electrons. The summed E-state index contributed by atoms with van der Waals surface area (Å²) in [6, 6.07) is 8.82. The summed E-state index contributed by atoms with van der Waals surface area (Å²) in [5.41, 5.74) is 3.44. The molecule has 1 aromatic carbocycles. The number of amides is 2. The lowest BCUT2D eigenvalue weighted by Crippen LogP contribution is -2.46. The molecule has 0 bridgehead atoms. The van der Waals surface area contributed by atoms with Gasteiger partial charge in [0.2, 0.25) is 0 Å². The lowest BCUT2D eigenvalue weighted by molar-refractivity contribution is 0.143. The van der Waals surface area contributed by atoms with E-state index in [1.54, 1.807) is 19.1 Å². The molecule has 24 heavy (non-hydrogen) atoms. The summed E-state index contributed by atoms with van der Waals surface area (Å²) in [5.74, 6) is -0.0183. The predicted molar refractivity (Wildman–Crippen MR) is 93.6 cm³/mol. The molecule has 4 nitrogen and oxygen atoms in total. The van der Waals surface area contributed by atoms with Crippen LogP contribution in [-0.4, -0.2) is 22.0 Å². The second kappa shape index (κ2) is 6.30. The summed E-state index contributed by atoms with van der Waals surface area (Å²) in [5, 5.41) is 2.84. The van der Waals surface area contributed by atoms with E-state index < -0.39 is 0 Å². The third-order valence-electron chi connectivity index (χ3n) is 4.75. The van der Waals surface area contributed by atoms with Crippen molar-refractivity contribution >= 4 is 11.7 Å². The standard InChI is InChI=1S/C19H24FN3O/c1-12(2)18-17-8-6-14(4)22(17)9-10-23(18)19(24)21-15-7-5-13(3)16(20)11-15/h5-8,11-12,18H,9-10H2,1-4H3,(H,21,24)/t18-/m1/s1. The van der Waals surface area contributed by atoms with Crippen LogP contribution in [0.15, 0.2) is 30.3 Å². The number of fused-ring (bicyclic) bond motifs is 1. The van der Waals surface area contributed by atoms with Gasteiger partial charge in [0.25, 0.3) is 0 Å². The Labute approximate surface area is 142 Å². The van der Waals surface area contributed by atoms with Crippen LogP contribution < -0.4 is 5.32 Å². The van der Waals surface area contributed by atoms with Crippen molar-refractivity contribution in [1.82, 2.24) is 9.47 Å². The van der Waals surface area contributed by atoms with Crippen molar-refractivity contribution in [2.75, 3.05) is 11.9 Å². The fraction of sp³-hybridized carbons (Fsp3) is 0.421. The number of anilines is 1. The van der Waals surface area contributed by atoms with Crippen molar-refractivity contribution in [2.24, 2.45) is 5.92 Å². The quantitative estimate of drug-likeness (QED) is 0.866. The molecular weight excluding hydrogens is 305 g/mol. The van der Waals surface area contributed by atoms with Gasteiger partial charge in [-0.2, -0.15) is 0 Å². The summed E-state index contributed by atoms with van der Waals surface area (Å²) in [7, 11) is 0. The van der Waals surface area contributed by atoms with Crippen LogP contribution in [0, 0.1) is 25.6 Å². The first kappa shape index (κ1) is 16.6. The number of aromatic nitrogens is 1. The van der Waals surface area contributed by atoms with Crippen molar-refractivity contribution in [2.45, 2.75) is 40.3 Å². The van der Waals surface area contributed by atoms with Gasteiger partial charge in [-0.15, -0.1) is 0 Å². The number of aryl methyl sites for hydroxylation is 2. The number of carbonyl (C=O) groups excluding carboxylic acids is 1. The van der Waals surface area contributed by atoms with Gasteiger partial charge in [0.05, 0.1) is 6.04 Å². The Kier molecular flexibility index (Phi) is 4.35. The highest BCUT2D eigenvalue weighted by Gasteiger charge is 2.33. The van der Waals surface area contributed by atoms with Gasteiger partial charge < -0.3 is 14.8 Å². The number of rotatable bonds is 2. The van der Waals surface area contributed by atoms with E-state index in [1.807, 2.05) is 4.90 Å². The van der Waals surface area contributed by atoms with E-state index >= 15 is 0 Å². The van der Waals surface area contributed by atoms with Crippen molar-refractivity contribution < 1.29 is 9.18 Å². The molecule has 1 atom stereocenters. The second-order valence-electron chi connectivity index (χ2n) is 6.83. The molecule has 0 aliphatic carbocycles. The van der Waals surface area contributed by atoms with Crippen LogP contribution >= 0.6 is 0 Å². The maximum Gasteiger partial charge on any atom is 0.322 e. The fourth-order valence-electron chi connectivity index (χ4n) is 3.45. The Hall–Kier alpha value is -2.30. The Balaban J connectivity index is 1.84. The van der Waals surface area contributed by atoms with Crippen LogP contribution in [0.4, 0.5) is 14.9 Å². The van der Waals surface area contributed by atoms with Crippen LogP contribution in [-0.2, 0) is 6.54 Å². The van der Waals surface area contributed by atoms with E-state index in [-0.39, 0.29) is 17.9 Å². The predicted octanol–water partition coefficient (Wildman–Crippen LogP) is 4.49. The summed E-state index contributed by atoms with van der Waals surface area (Å²) >= 11 is 0. The topological polar surface area (TPSA) is 37.3 Å². The molecule has 1 aromatic heterocycles.